The highest BCUT2D eigenvalue weighted by atomic mass is 31.2. The van der Waals surface area contributed by atoms with Gasteiger partial charge in [0, 0.05) is 22.2 Å². The quantitative estimate of drug-likeness (QED) is 0.558. The van der Waals surface area contributed by atoms with Crippen LogP contribution in [0.15, 0.2) is 91.5 Å². The van der Waals surface area contributed by atoms with Crippen molar-refractivity contribution in [3.63, 3.8) is 0 Å². The van der Waals surface area contributed by atoms with Crippen LogP contribution in [0.25, 0.3) is 17.1 Å². The Morgan fingerprint density at radius 2 is 1.31 bits per heavy atom. The van der Waals surface area contributed by atoms with Crippen LogP contribution in [-0.2, 0) is 4.57 Å². The largest absolute Gasteiger partial charge is 0.505 e. The second-order valence-electron chi connectivity index (χ2n) is 6.02. The summed E-state index contributed by atoms with van der Waals surface area (Å²) in [6, 6.07) is 26.1. The van der Waals surface area contributed by atoms with Crippen LogP contribution in [0.2, 0.25) is 0 Å². The fraction of sp³-hybridized carbons (Fsp3) is 0. The zero-order chi connectivity index (χ0) is 18.1. The molecule has 3 nitrogen and oxygen atoms in total. The lowest BCUT2D eigenvalue weighted by Gasteiger charge is -2.21. The van der Waals surface area contributed by atoms with Crippen molar-refractivity contribution in [1.29, 1.82) is 0 Å². The second kappa shape index (κ2) is 6.36. The van der Waals surface area contributed by atoms with Crippen LogP contribution in [-0.4, -0.2) is 9.67 Å². The lowest BCUT2D eigenvalue weighted by molar-refractivity contribution is 0.485. The number of aromatic hydroxyl groups is 1. The number of fused-ring (bicyclic) bond motifs is 1. The van der Waals surface area contributed by atoms with Gasteiger partial charge in [-0.3, -0.25) is 0 Å². The molecule has 3 aromatic carbocycles. The number of benzene rings is 3. The van der Waals surface area contributed by atoms with E-state index in [1.165, 1.54) is 0 Å². The second-order valence-corrected chi connectivity index (χ2v) is 8.70. The fourth-order valence-electron chi connectivity index (χ4n) is 3.39. The minimum absolute atomic E-state index is 0.0385. The molecule has 0 fully saturated rings. The van der Waals surface area contributed by atoms with E-state index in [9.17, 15) is 9.67 Å². The van der Waals surface area contributed by atoms with Crippen molar-refractivity contribution in [3.05, 3.63) is 91.5 Å². The molecular weight excluding hydrogens is 341 g/mol. The Kier molecular flexibility index (Phi) is 4.02. The summed E-state index contributed by atoms with van der Waals surface area (Å²) in [5, 5.41) is 13.0. The molecule has 4 aromatic rings. The van der Waals surface area contributed by atoms with Gasteiger partial charge in [0.25, 0.3) is 0 Å². The van der Waals surface area contributed by atoms with Crippen LogP contribution in [0.5, 0.6) is 5.75 Å². The SMILES string of the molecule is C=Cn1c(P(=O)(c2ccccc2)c2ccccc2)c(O)c2ccccc21. The summed E-state index contributed by atoms with van der Waals surface area (Å²) < 4.78 is 16.3. The smallest absolute Gasteiger partial charge is 0.190 e. The molecule has 0 aliphatic carbocycles. The van der Waals surface area contributed by atoms with Gasteiger partial charge in [0.15, 0.2) is 12.9 Å². The highest BCUT2D eigenvalue weighted by molar-refractivity contribution is 7.85. The van der Waals surface area contributed by atoms with Crippen LogP contribution < -0.4 is 16.0 Å². The maximum absolute atomic E-state index is 14.6. The van der Waals surface area contributed by atoms with Gasteiger partial charge in [-0.2, -0.15) is 0 Å². The molecule has 0 bridgehead atoms. The molecule has 0 aliphatic rings. The van der Waals surface area contributed by atoms with Crippen LogP contribution in [0.3, 0.4) is 0 Å². The van der Waals surface area contributed by atoms with Crippen LogP contribution in [0.1, 0.15) is 0 Å². The van der Waals surface area contributed by atoms with E-state index < -0.39 is 7.14 Å². The Balaban J connectivity index is 2.16. The van der Waals surface area contributed by atoms with Gasteiger partial charge in [0.05, 0.1) is 5.52 Å². The van der Waals surface area contributed by atoms with Crippen molar-refractivity contribution in [2.45, 2.75) is 0 Å². The minimum atomic E-state index is -3.30. The first-order valence-corrected chi connectivity index (χ1v) is 10.0. The van der Waals surface area contributed by atoms with Crippen molar-refractivity contribution in [3.8, 4) is 5.75 Å². The van der Waals surface area contributed by atoms with Gasteiger partial charge in [0.2, 0.25) is 0 Å². The summed E-state index contributed by atoms with van der Waals surface area (Å²) in [6.45, 7) is 3.89. The van der Waals surface area contributed by atoms with E-state index in [1.807, 2.05) is 84.9 Å². The fourth-order valence-corrected chi connectivity index (χ4v) is 6.27. The van der Waals surface area contributed by atoms with E-state index in [1.54, 1.807) is 10.8 Å². The zero-order valence-corrected chi connectivity index (χ0v) is 15.0. The Labute approximate surface area is 152 Å². The summed E-state index contributed by atoms with van der Waals surface area (Å²) in [7, 11) is -3.30. The molecule has 0 aliphatic heterocycles. The van der Waals surface area contributed by atoms with E-state index in [0.29, 0.717) is 21.4 Å². The van der Waals surface area contributed by atoms with Crippen molar-refractivity contribution in [2.24, 2.45) is 0 Å². The first kappa shape index (κ1) is 16.4. The third-order valence-corrected chi connectivity index (χ3v) is 7.65. The standard InChI is InChI=1S/C22H18NO2P/c1-2-23-20-16-10-9-15-19(20)21(24)22(23)26(25,17-11-5-3-6-12-17)18-13-7-4-8-14-18/h2-16,24H,1H2. The van der Waals surface area contributed by atoms with Gasteiger partial charge in [-0.1, -0.05) is 79.4 Å². The number of hydrogen-bond donors (Lipinski definition) is 1. The average molecular weight is 359 g/mol. The van der Waals surface area contributed by atoms with E-state index in [2.05, 4.69) is 6.58 Å². The van der Waals surface area contributed by atoms with Crippen molar-refractivity contribution in [2.75, 3.05) is 0 Å². The molecule has 26 heavy (non-hydrogen) atoms. The molecule has 1 heterocycles. The van der Waals surface area contributed by atoms with Crippen LogP contribution in [0.4, 0.5) is 0 Å². The van der Waals surface area contributed by atoms with E-state index in [4.69, 9.17) is 0 Å². The van der Waals surface area contributed by atoms with E-state index >= 15 is 0 Å². The molecule has 128 valence electrons. The number of hydrogen-bond acceptors (Lipinski definition) is 2. The van der Waals surface area contributed by atoms with Gasteiger partial charge in [-0.15, -0.1) is 0 Å². The normalized spacial score (nSPS) is 11.5. The van der Waals surface area contributed by atoms with Gasteiger partial charge < -0.3 is 14.2 Å². The van der Waals surface area contributed by atoms with E-state index in [-0.39, 0.29) is 5.75 Å². The van der Waals surface area contributed by atoms with Crippen molar-refractivity contribution < 1.29 is 9.67 Å². The third kappa shape index (κ3) is 2.33. The molecule has 0 radical (unpaired) electrons. The Morgan fingerprint density at radius 1 is 0.808 bits per heavy atom. The highest BCUT2D eigenvalue weighted by Gasteiger charge is 2.36. The number of para-hydroxylation sites is 1. The molecule has 4 rings (SSSR count). The maximum Gasteiger partial charge on any atom is 0.190 e. The summed E-state index contributed by atoms with van der Waals surface area (Å²) >= 11 is 0. The summed E-state index contributed by atoms with van der Waals surface area (Å²) in [5.74, 6) is 0.0385. The zero-order valence-electron chi connectivity index (χ0n) is 14.1. The third-order valence-electron chi connectivity index (χ3n) is 4.58. The average Bonchev–Trinajstić information content (AvgIpc) is 3.01. The summed E-state index contributed by atoms with van der Waals surface area (Å²) in [4.78, 5) is 0. The topological polar surface area (TPSA) is 42.2 Å². The first-order chi connectivity index (χ1) is 12.7. The van der Waals surface area contributed by atoms with Gasteiger partial charge in [-0.25, -0.2) is 0 Å². The molecule has 0 saturated heterocycles. The molecule has 0 saturated carbocycles. The predicted molar refractivity (Wildman–Crippen MR) is 109 cm³/mol. The van der Waals surface area contributed by atoms with Crippen molar-refractivity contribution in [1.82, 2.24) is 4.57 Å². The predicted octanol–water partition coefficient (Wildman–Crippen LogP) is 4.09. The Hall–Kier alpha value is -3.03. The van der Waals surface area contributed by atoms with E-state index in [0.717, 1.165) is 5.52 Å². The number of nitrogens with zero attached hydrogens (tertiary/aromatic N) is 1. The minimum Gasteiger partial charge on any atom is -0.505 e. The molecule has 0 unspecified atom stereocenters. The highest BCUT2D eigenvalue weighted by Crippen LogP contribution is 2.47. The van der Waals surface area contributed by atoms with Gasteiger partial charge in [0.1, 0.15) is 5.44 Å². The molecule has 1 N–H and O–H groups in total. The lowest BCUT2D eigenvalue weighted by Crippen LogP contribution is -2.28. The molecule has 1 aromatic heterocycles. The number of aromatic nitrogens is 1. The lowest BCUT2D eigenvalue weighted by atomic mass is 10.2. The Morgan fingerprint density at radius 3 is 1.85 bits per heavy atom. The molecule has 0 atom stereocenters. The maximum atomic E-state index is 14.6. The first-order valence-electron chi connectivity index (χ1n) is 8.34. The monoisotopic (exact) mass is 359 g/mol. The van der Waals surface area contributed by atoms with Crippen LogP contribution in [0, 0.1) is 0 Å². The molecule has 4 heteroatoms. The van der Waals surface area contributed by atoms with Crippen molar-refractivity contribution >= 4 is 40.3 Å². The Bertz CT molecular complexity index is 1090. The summed E-state index contributed by atoms with van der Waals surface area (Å²) in [5.41, 5.74) is 1.16. The van der Waals surface area contributed by atoms with Gasteiger partial charge >= 0.3 is 0 Å². The van der Waals surface area contributed by atoms with Crippen LogP contribution >= 0.6 is 7.14 Å². The number of rotatable bonds is 4. The molecule has 0 amide bonds. The molecule has 0 spiro atoms. The van der Waals surface area contributed by atoms with Gasteiger partial charge in [-0.05, 0) is 12.1 Å². The summed E-state index contributed by atoms with van der Waals surface area (Å²) in [6.07, 6.45) is 1.61. The molecular formula is C22H18NO2P.